The SMILES string of the molecule is N#Cc1ccnc(OC(=O)c2cccs2)c1. The number of nitriles is 1. The highest BCUT2D eigenvalue weighted by Crippen LogP contribution is 2.14. The smallest absolute Gasteiger partial charge is 0.355 e. The van der Waals surface area contributed by atoms with Crippen LogP contribution in [0.15, 0.2) is 35.8 Å². The highest BCUT2D eigenvalue weighted by molar-refractivity contribution is 7.12. The maximum Gasteiger partial charge on any atom is 0.355 e. The Morgan fingerprint density at radius 1 is 1.50 bits per heavy atom. The first-order chi connectivity index (χ1) is 7.79. The first-order valence-electron chi connectivity index (χ1n) is 4.41. The van der Waals surface area contributed by atoms with Gasteiger partial charge in [0.25, 0.3) is 0 Å². The molecule has 16 heavy (non-hydrogen) atoms. The lowest BCUT2D eigenvalue weighted by Gasteiger charge is -2.00. The summed E-state index contributed by atoms with van der Waals surface area (Å²) in [7, 11) is 0. The first kappa shape index (κ1) is 10.3. The molecule has 2 heterocycles. The molecule has 2 rings (SSSR count). The molecule has 0 aliphatic heterocycles. The van der Waals surface area contributed by atoms with Gasteiger partial charge in [0.15, 0.2) is 0 Å². The van der Waals surface area contributed by atoms with E-state index in [1.165, 1.54) is 23.6 Å². The molecule has 0 radical (unpaired) electrons. The molecule has 0 spiro atoms. The van der Waals surface area contributed by atoms with Gasteiger partial charge in [-0.05, 0) is 17.5 Å². The van der Waals surface area contributed by atoms with Crippen molar-refractivity contribution >= 4 is 17.3 Å². The number of aromatic nitrogens is 1. The second-order valence-electron chi connectivity index (χ2n) is 2.86. The number of hydrogen-bond acceptors (Lipinski definition) is 5. The van der Waals surface area contributed by atoms with Crippen molar-refractivity contribution in [2.45, 2.75) is 0 Å². The van der Waals surface area contributed by atoms with Crippen molar-refractivity contribution in [1.82, 2.24) is 4.98 Å². The minimum absolute atomic E-state index is 0.137. The molecule has 0 aliphatic carbocycles. The van der Waals surface area contributed by atoms with Crippen LogP contribution in [0.1, 0.15) is 15.2 Å². The van der Waals surface area contributed by atoms with Crippen molar-refractivity contribution < 1.29 is 9.53 Å². The first-order valence-corrected chi connectivity index (χ1v) is 5.29. The van der Waals surface area contributed by atoms with Crippen LogP contribution in [-0.4, -0.2) is 11.0 Å². The summed E-state index contributed by atoms with van der Waals surface area (Å²) in [5.74, 6) is -0.324. The van der Waals surface area contributed by atoms with Gasteiger partial charge in [-0.15, -0.1) is 11.3 Å². The van der Waals surface area contributed by atoms with E-state index in [1.54, 1.807) is 23.6 Å². The molecule has 0 amide bonds. The average molecular weight is 230 g/mol. The van der Waals surface area contributed by atoms with Gasteiger partial charge in [-0.25, -0.2) is 9.78 Å². The lowest BCUT2D eigenvalue weighted by molar-refractivity contribution is 0.0732. The molecule has 5 heteroatoms. The van der Waals surface area contributed by atoms with Gasteiger partial charge in [-0.3, -0.25) is 0 Å². The summed E-state index contributed by atoms with van der Waals surface area (Å²) < 4.78 is 5.01. The van der Waals surface area contributed by atoms with Gasteiger partial charge >= 0.3 is 5.97 Å². The second kappa shape index (κ2) is 4.55. The Labute approximate surface area is 95.7 Å². The number of esters is 1. The third-order valence-corrected chi connectivity index (χ3v) is 2.63. The summed E-state index contributed by atoms with van der Waals surface area (Å²) in [6, 6.07) is 8.35. The maximum atomic E-state index is 11.5. The molecule has 0 saturated heterocycles. The Morgan fingerprint density at radius 2 is 2.38 bits per heavy atom. The Bertz CT molecular complexity index is 543. The molecule has 0 atom stereocenters. The molecule has 0 N–H and O–H groups in total. The van der Waals surface area contributed by atoms with Crippen LogP contribution in [0.25, 0.3) is 0 Å². The lowest BCUT2D eigenvalue weighted by Crippen LogP contribution is -2.07. The molecule has 0 saturated carbocycles. The number of ether oxygens (including phenoxy) is 1. The zero-order chi connectivity index (χ0) is 11.4. The molecule has 0 fully saturated rings. The van der Waals surface area contributed by atoms with Crippen LogP contribution in [0.5, 0.6) is 5.88 Å². The van der Waals surface area contributed by atoms with Crippen LogP contribution in [0.4, 0.5) is 0 Å². The van der Waals surface area contributed by atoms with Gasteiger partial charge < -0.3 is 4.74 Å². The number of carbonyl (C=O) groups is 1. The summed E-state index contributed by atoms with van der Waals surface area (Å²) in [5.41, 5.74) is 0.406. The molecule has 0 unspecified atom stereocenters. The standard InChI is InChI=1S/C11H6N2O2S/c12-7-8-3-4-13-10(6-8)15-11(14)9-2-1-5-16-9/h1-6H. The topological polar surface area (TPSA) is 63.0 Å². The average Bonchev–Trinajstić information content (AvgIpc) is 2.83. The van der Waals surface area contributed by atoms with E-state index in [2.05, 4.69) is 4.98 Å². The molecular weight excluding hydrogens is 224 g/mol. The maximum absolute atomic E-state index is 11.5. The Balaban J connectivity index is 2.16. The monoisotopic (exact) mass is 230 g/mol. The van der Waals surface area contributed by atoms with Crippen LogP contribution in [0, 0.1) is 11.3 Å². The third kappa shape index (κ3) is 2.24. The van der Waals surface area contributed by atoms with Crippen LogP contribution in [0.2, 0.25) is 0 Å². The fourth-order valence-corrected chi connectivity index (χ4v) is 1.67. The summed E-state index contributed by atoms with van der Waals surface area (Å²) >= 11 is 1.29. The van der Waals surface area contributed by atoms with E-state index in [-0.39, 0.29) is 5.88 Å². The van der Waals surface area contributed by atoms with Crippen molar-refractivity contribution in [3.05, 3.63) is 46.3 Å². The number of thiophene rings is 1. The van der Waals surface area contributed by atoms with Crippen LogP contribution in [0.3, 0.4) is 0 Å². The summed E-state index contributed by atoms with van der Waals surface area (Å²) in [5, 5.41) is 10.5. The number of rotatable bonds is 2. The van der Waals surface area contributed by atoms with E-state index in [0.717, 1.165) is 0 Å². The van der Waals surface area contributed by atoms with Crippen molar-refractivity contribution in [1.29, 1.82) is 5.26 Å². The molecule has 78 valence electrons. The third-order valence-electron chi connectivity index (χ3n) is 1.78. The largest absolute Gasteiger partial charge is 0.403 e. The minimum Gasteiger partial charge on any atom is -0.403 e. The van der Waals surface area contributed by atoms with Crippen LogP contribution >= 0.6 is 11.3 Å². The highest BCUT2D eigenvalue weighted by Gasteiger charge is 2.10. The van der Waals surface area contributed by atoms with Crippen molar-refractivity contribution in [2.75, 3.05) is 0 Å². The Morgan fingerprint density at radius 3 is 3.06 bits per heavy atom. The summed E-state index contributed by atoms with van der Waals surface area (Å²) in [6.45, 7) is 0. The normalized spacial score (nSPS) is 9.44. The lowest BCUT2D eigenvalue weighted by atomic mass is 10.3. The van der Waals surface area contributed by atoms with Gasteiger partial charge in [-0.2, -0.15) is 5.26 Å². The molecule has 0 aliphatic rings. The predicted molar refractivity (Wildman–Crippen MR) is 58.2 cm³/mol. The Hall–Kier alpha value is -2.19. The quantitative estimate of drug-likeness (QED) is 0.742. The van der Waals surface area contributed by atoms with Crippen LogP contribution in [-0.2, 0) is 0 Å². The van der Waals surface area contributed by atoms with Crippen molar-refractivity contribution in [3.63, 3.8) is 0 Å². The highest BCUT2D eigenvalue weighted by atomic mass is 32.1. The van der Waals surface area contributed by atoms with Crippen molar-refractivity contribution in [2.24, 2.45) is 0 Å². The molecule has 2 aromatic rings. The fraction of sp³-hybridized carbons (Fsp3) is 0. The second-order valence-corrected chi connectivity index (χ2v) is 3.81. The molecule has 4 nitrogen and oxygen atoms in total. The number of hydrogen-bond donors (Lipinski definition) is 0. The predicted octanol–water partition coefficient (Wildman–Crippen LogP) is 2.23. The number of pyridine rings is 1. The van der Waals surface area contributed by atoms with E-state index in [0.29, 0.717) is 10.4 Å². The van der Waals surface area contributed by atoms with E-state index >= 15 is 0 Å². The molecule has 2 aromatic heterocycles. The van der Waals surface area contributed by atoms with E-state index in [4.69, 9.17) is 10.00 Å². The Kier molecular flexibility index (Phi) is 2.94. The van der Waals surface area contributed by atoms with Gasteiger partial charge in [-0.1, -0.05) is 6.07 Å². The zero-order valence-corrected chi connectivity index (χ0v) is 8.90. The summed E-state index contributed by atoms with van der Waals surface area (Å²) in [4.78, 5) is 15.9. The molecule has 0 aromatic carbocycles. The van der Waals surface area contributed by atoms with Crippen LogP contribution < -0.4 is 4.74 Å². The minimum atomic E-state index is -0.461. The van der Waals surface area contributed by atoms with E-state index in [1.807, 2.05) is 6.07 Å². The number of carbonyl (C=O) groups excluding carboxylic acids is 1. The molecule has 0 bridgehead atoms. The zero-order valence-electron chi connectivity index (χ0n) is 8.08. The van der Waals surface area contributed by atoms with E-state index < -0.39 is 5.97 Å². The number of nitrogens with zero attached hydrogens (tertiary/aromatic N) is 2. The van der Waals surface area contributed by atoms with E-state index in [9.17, 15) is 4.79 Å². The van der Waals surface area contributed by atoms with Crippen molar-refractivity contribution in [3.8, 4) is 11.9 Å². The van der Waals surface area contributed by atoms with Gasteiger partial charge in [0.2, 0.25) is 5.88 Å². The molecular formula is C11H6N2O2S. The summed E-state index contributed by atoms with van der Waals surface area (Å²) in [6.07, 6.45) is 1.43. The fourth-order valence-electron chi connectivity index (χ4n) is 1.07. The van der Waals surface area contributed by atoms with Gasteiger partial charge in [0.1, 0.15) is 4.88 Å². The van der Waals surface area contributed by atoms with Gasteiger partial charge in [0.05, 0.1) is 11.6 Å². The van der Waals surface area contributed by atoms with Gasteiger partial charge in [0, 0.05) is 12.3 Å².